The van der Waals surface area contributed by atoms with E-state index >= 15 is 4.39 Å². The minimum absolute atomic E-state index is 0.207. The van der Waals surface area contributed by atoms with Crippen LogP contribution in [-0.4, -0.2) is 45.8 Å². The predicted octanol–water partition coefficient (Wildman–Crippen LogP) is 3.74. The highest BCUT2D eigenvalue weighted by atomic mass is 19.1. The molecule has 0 amide bonds. The number of hydrogen-bond acceptors (Lipinski definition) is 6. The lowest BCUT2D eigenvalue weighted by Gasteiger charge is -2.37. The van der Waals surface area contributed by atoms with Crippen molar-refractivity contribution >= 4 is 22.7 Å². The summed E-state index contributed by atoms with van der Waals surface area (Å²) in [5, 5.41) is 0. The molecule has 0 saturated carbocycles. The van der Waals surface area contributed by atoms with E-state index in [4.69, 9.17) is 15.5 Å². The van der Waals surface area contributed by atoms with Crippen molar-refractivity contribution in [1.82, 2.24) is 19.5 Å². The van der Waals surface area contributed by atoms with E-state index < -0.39 is 0 Å². The van der Waals surface area contributed by atoms with Crippen LogP contribution in [0, 0.1) is 18.2 Å². The molecule has 0 atom stereocenters. The molecule has 4 aromatic rings. The molecular weight excluding hydrogens is 407 g/mol. The fourth-order valence-corrected chi connectivity index (χ4v) is 4.81. The van der Waals surface area contributed by atoms with Crippen LogP contribution in [0.1, 0.15) is 12.2 Å². The smallest absolute Gasteiger partial charge is 0.165 e. The summed E-state index contributed by atoms with van der Waals surface area (Å²) in [7, 11) is 0. The number of halogens is 1. The van der Waals surface area contributed by atoms with Gasteiger partial charge in [0.1, 0.15) is 23.0 Å². The van der Waals surface area contributed by atoms with E-state index in [0.717, 1.165) is 55.3 Å². The summed E-state index contributed by atoms with van der Waals surface area (Å²) in [6.07, 6.45) is 2.71. The fourth-order valence-electron chi connectivity index (χ4n) is 4.81. The number of aryl methyl sites for hydroxylation is 1. The van der Waals surface area contributed by atoms with Crippen LogP contribution < -0.4 is 10.6 Å². The molecule has 2 N–H and O–H groups in total. The lowest BCUT2D eigenvalue weighted by atomic mass is 9.85. The second-order valence-electron chi connectivity index (χ2n) is 8.80. The molecule has 0 unspecified atom stereocenters. The standard InChI is InChI=1S/C24H23FN6O/c1-15-28-20-4-3-19(16-6-8-27-22(26)10-16)29-23(20)31(15)17-2-5-21(18(25)11-17)30-9-7-24(12-30)13-32-14-24/h2-6,8,10-11H,7,9,12-14H2,1H3,(H2,26,27). The number of nitrogens with two attached hydrogens (primary N) is 1. The van der Waals surface area contributed by atoms with Gasteiger partial charge in [-0.05, 0) is 49.7 Å². The first kappa shape index (κ1) is 19.2. The molecule has 6 rings (SSSR count). The van der Waals surface area contributed by atoms with Crippen LogP contribution in [0.3, 0.4) is 0 Å². The maximum absolute atomic E-state index is 15.2. The monoisotopic (exact) mass is 430 g/mol. The maximum Gasteiger partial charge on any atom is 0.165 e. The number of ether oxygens (including phenoxy) is 1. The van der Waals surface area contributed by atoms with Crippen molar-refractivity contribution in [2.24, 2.45) is 5.41 Å². The number of fused-ring (bicyclic) bond motifs is 1. The molecule has 7 nitrogen and oxygen atoms in total. The van der Waals surface area contributed by atoms with Gasteiger partial charge < -0.3 is 15.4 Å². The molecule has 2 aliphatic rings. The van der Waals surface area contributed by atoms with Crippen molar-refractivity contribution in [2.75, 3.05) is 36.9 Å². The van der Waals surface area contributed by atoms with Crippen molar-refractivity contribution in [2.45, 2.75) is 13.3 Å². The van der Waals surface area contributed by atoms with Gasteiger partial charge in [-0.25, -0.2) is 19.3 Å². The zero-order valence-electron chi connectivity index (χ0n) is 17.8. The Morgan fingerprint density at radius 1 is 1.09 bits per heavy atom. The van der Waals surface area contributed by atoms with Gasteiger partial charge in [-0.3, -0.25) is 4.57 Å². The van der Waals surface area contributed by atoms with Crippen LogP contribution in [0.4, 0.5) is 15.9 Å². The zero-order valence-corrected chi connectivity index (χ0v) is 17.8. The Labute approximate surface area is 184 Å². The summed E-state index contributed by atoms with van der Waals surface area (Å²) in [5.74, 6) is 0.945. The van der Waals surface area contributed by atoms with Gasteiger partial charge in [-0.1, -0.05) is 0 Å². The third-order valence-corrected chi connectivity index (χ3v) is 6.53. The van der Waals surface area contributed by atoms with Gasteiger partial charge in [0.2, 0.25) is 0 Å². The predicted molar refractivity (Wildman–Crippen MR) is 121 cm³/mol. The van der Waals surface area contributed by atoms with Crippen molar-refractivity contribution in [3.05, 3.63) is 60.3 Å². The quantitative estimate of drug-likeness (QED) is 0.533. The van der Waals surface area contributed by atoms with E-state index in [9.17, 15) is 0 Å². The summed E-state index contributed by atoms with van der Waals surface area (Å²) in [6.45, 7) is 5.16. The minimum atomic E-state index is -0.237. The Balaban J connectivity index is 1.39. The molecule has 2 aliphatic heterocycles. The Morgan fingerprint density at radius 3 is 2.69 bits per heavy atom. The van der Waals surface area contributed by atoms with Gasteiger partial charge in [0.15, 0.2) is 5.65 Å². The average molecular weight is 430 g/mol. The molecule has 0 radical (unpaired) electrons. The number of nitrogen functional groups attached to an aromatic ring is 1. The fraction of sp³-hybridized carbons (Fsp3) is 0.292. The number of rotatable bonds is 3. The van der Waals surface area contributed by atoms with Crippen molar-refractivity contribution in [1.29, 1.82) is 0 Å². The summed E-state index contributed by atoms with van der Waals surface area (Å²) < 4.78 is 22.5. The lowest BCUT2D eigenvalue weighted by molar-refractivity contribution is -0.0985. The topological polar surface area (TPSA) is 82.1 Å². The Morgan fingerprint density at radius 2 is 1.97 bits per heavy atom. The summed E-state index contributed by atoms with van der Waals surface area (Å²) >= 11 is 0. The minimum Gasteiger partial charge on any atom is -0.384 e. The van der Waals surface area contributed by atoms with Gasteiger partial charge in [0.05, 0.1) is 30.3 Å². The van der Waals surface area contributed by atoms with Crippen molar-refractivity contribution < 1.29 is 9.13 Å². The number of nitrogens with zero attached hydrogens (tertiary/aromatic N) is 5. The number of pyridine rings is 2. The highest BCUT2D eigenvalue weighted by molar-refractivity contribution is 5.78. The SMILES string of the molecule is Cc1nc2ccc(-c3ccnc(N)c3)nc2n1-c1ccc(N2CCC3(COC3)C2)c(F)c1. The van der Waals surface area contributed by atoms with Crippen LogP contribution in [-0.2, 0) is 4.74 Å². The molecule has 0 bridgehead atoms. The van der Waals surface area contributed by atoms with Gasteiger partial charge >= 0.3 is 0 Å². The van der Waals surface area contributed by atoms with Gasteiger partial charge in [-0.15, -0.1) is 0 Å². The van der Waals surface area contributed by atoms with Crippen LogP contribution in [0.25, 0.3) is 28.1 Å². The summed E-state index contributed by atoms with van der Waals surface area (Å²) in [4.78, 5) is 15.6. The molecule has 8 heteroatoms. The molecule has 5 heterocycles. The molecule has 3 aromatic heterocycles. The molecule has 32 heavy (non-hydrogen) atoms. The normalized spacial score (nSPS) is 17.2. The summed E-state index contributed by atoms with van der Waals surface area (Å²) in [5.41, 5.74) is 10.4. The van der Waals surface area contributed by atoms with E-state index in [0.29, 0.717) is 22.8 Å². The molecule has 2 fully saturated rings. The van der Waals surface area contributed by atoms with E-state index in [2.05, 4.69) is 14.9 Å². The largest absolute Gasteiger partial charge is 0.384 e. The highest BCUT2D eigenvalue weighted by Gasteiger charge is 2.44. The second-order valence-corrected chi connectivity index (χ2v) is 8.80. The first-order valence-corrected chi connectivity index (χ1v) is 10.7. The number of hydrogen-bond donors (Lipinski definition) is 1. The van der Waals surface area contributed by atoms with Crippen LogP contribution in [0.15, 0.2) is 48.7 Å². The van der Waals surface area contributed by atoms with Crippen LogP contribution in [0.2, 0.25) is 0 Å². The molecular formula is C24H23FN6O. The van der Waals surface area contributed by atoms with E-state index in [1.54, 1.807) is 18.3 Å². The van der Waals surface area contributed by atoms with Crippen molar-refractivity contribution in [3.8, 4) is 16.9 Å². The Bertz CT molecular complexity index is 1350. The Hall–Kier alpha value is -3.52. The van der Waals surface area contributed by atoms with E-state index in [1.807, 2.05) is 41.8 Å². The van der Waals surface area contributed by atoms with E-state index in [-0.39, 0.29) is 11.2 Å². The third kappa shape index (κ3) is 3.02. The number of anilines is 2. The highest BCUT2D eigenvalue weighted by Crippen LogP contribution is 2.40. The average Bonchev–Trinajstić information content (AvgIpc) is 3.34. The van der Waals surface area contributed by atoms with Gasteiger partial charge in [0.25, 0.3) is 0 Å². The third-order valence-electron chi connectivity index (χ3n) is 6.53. The number of benzene rings is 1. The molecule has 1 aromatic carbocycles. The first-order valence-electron chi connectivity index (χ1n) is 10.7. The van der Waals surface area contributed by atoms with Gasteiger partial charge in [-0.2, -0.15) is 0 Å². The van der Waals surface area contributed by atoms with E-state index in [1.165, 1.54) is 0 Å². The number of imidazole rings is 1. The zero-order chi connectivity index (χ0) is 21.9. The summed E-state index contributed by atoms with van der Waals surface area (Å²) in [6, 6.07) is 12.9. The maximum atomic E-state index is 15.2. The number of aromatic nitrogens is 4. The van der Waals surface area contributed by atoms with Crippen LogP contribution in [0.5, 0.6) is 0 Å². The second kappa shape index (κ2) is 7.00. The Kier molecular flexibility index (Phi) is 4.19. The molecule has 1 spiro atoms. The lowest BCUT2D eigenvalue weighted by Crippen LogP contribution is -2.44. The molecule has 2 saturated heterocycles. The van der Waals surface area contributed by atoms with Gasteiger partial charge in [0, 0.05) is 36.3 Å². The molecule has 0 aliphatic carbocycles. The first-order chi connectivity index (χ1) is 15.5. The van der Waals surface area contributed by atoms with Crippen molar-refractivity contribution in [3.63, 3.8) is 0 Å². The molecule has 162 valence electrons. The van der Waals surface area contributed by atoms with Crippen LogP contribution >= 0.6 is 0 Å².